The van der Waals surface area contributed by atoms with Crippen LogP contribution in [0.2, 0.25) is 0 Å². The van der Waals surface area contributed by atoms with Gasteiger partial charge in [0.05, 0.1) is 5.60 Å². The Balaban J connectivity index is 2.20. The van der Waals surface area contributed by atoms with Gasteiger partial charge in [-0.25, -0.2) is 0 Å². The Bertz CT molecular complexity index is 386. The van der Waals surface area contributed by atoms with Gasteiger partial charge in [-0.05, 0) is 49.7 Å². The molecule has 0 atom stereocenters. The summed E-state index contributed by atoms with van der Waals surface area (Å²) in [6, 6.07) is 6.36. The lowest BCUT2D eigenvalue weighted by molar-refractivity contribution is -0.0937. The molecule has 0 radical (unpaired) electrons. The minimum atomic E-state index is -0.549. The van der Waals surface area contributed by atoms with Gasteiger partial charge in [0.1, 0.15) is 0 Å². The number of benzene rings is 1. The van der Waals surface area contributed by atoms with E-state index in [9.17, 15) is 5.11 Å². The molecule has 1 aromatic carbocycles. The van der Waals surface area contributed by atoms with Gasteiger partial charge in [-0.2, -0.15) is 0 Å². The molecule has 0 amide bonds. The molecule has 0 heterocycles. The smallest absolute Gasteiger partial charge is 0.0904 e. The van der Waals surface area contributed by atoms with E-state index in [2.05, 4.69) is 45.9 Å². The monoisotopic (exact) mass is 218 g/mol. The van der Waals surface area contributed by atoms with E-state index in [-0.39, 0.29) is 0 Å². The normalized spacial score (nSPS) is 29.2. The van der Waals surface area contributed by atoms with Crippen molar-refractivity contribution in [3.63, 3.8) is 0 Å². The van der Waals surface area contributed by atoms with Crippen molar-refractivity contribution in [2.75, 3.05) is 0 Å². The summed E-state index contributed by atoms with van der Waals surface area (Å²) in [5.41, 5.74) is 3.08. The summed E-state index contributed by atoms with van der Waals surface area (Å²) >= 11 is 0. The van der Waals surface area contributed by atoms with Crippen molar-refractivity contribution in [2.45, 2.75) is 46.1 Å². The van der Waals surface area contributed by atoms with Gasteiger partial charge in [-0.1, -0.05) is 37.6 Å². The van der Waals surface area contributed by atoms with Crippen LogP contribution in [-0.4, -0.2) is 5.11 Å². The van der Waals surface area contributed by atoms with Crippen LogP contribution < -0.4 is 0 Å². The molecular weight excluding hydrogens is 196 g/mol. The van der Waals surface area contributed by atoms with Crippen molar-refractivity contribution in [1.82, 2.24) is 0 Å². The Labute approximate surface area is 98.5 Å². The number of aryl methyl sites for hydroxylation is 2. The van der Waals surface area contributed by atoms with E-state index in [0.29, 0.717) is 11.8 Å². The Morgan fingerprint density at radius 3 is 2.38 bits per heavy atom. The number of hydrogen-bond acceptors (Lipinski definition) is 1. The fourth-order valence-electron chi connectivity index (χ4n) is 2.83. The van der Waals surface area contributed by atoms with E-state index in [1.165, 1.54) is 11.1 Å². The summed E-state index contributed by atoms with van der Waals surface area (Å²) in [5, 5.41) is 10.6. The maximum atomic E-state index is 10.6. The van der Waals surface area contributed by atoms with E-state index < -0.39 is 5.60 Å². The molecule has 1 fully saturated rings. The molecule has 1 aromatic rings. The largest absolute Gasteiger partial charge is 0.385 e. The van der Waals surface area contributed by atoms with Crippen molar-refractivity contribution >= 4 is 0 Å². The maximum Gasteiger partial charge on any atom is 0.0904 e. The minimum Gasteiger partial charge on any atom is -0.385 e. The second-order valence-electron chi connectivity index (χ2n) is 5.76. The Kier molecular flexibility index (Phi) is 2.83. The summed E-state index contributed by atoms with van der Waals surface area (Å²) in [6.07, 6.45) is 1.85. The molecular formula is C15H22O. The van der Waals surface area contributed by atoms with Crippen LogP contribution in [0.25, 0.3) is 0 Å². The predicted molar refractivity (Wildman–Crippen MR) is 67.4 cm³/mol. The zero-order valence-electron chi connectivity index (χ0n) is 10.7. The van der Waals surface area contributed by atoms with Crippen LogP contribution in [0.1, 0.15) is 43.4 Å². The van der Waals surface area contributed by atoms with Crippen LogP contribution in [0.4, 0.5) is 0 Å². The standard InChI is InChI=1S/C15H22O/c1-10(2)13-8-15(16,9-13)14-6-5-11(3)7-12(14)4/h5-7,10,13,16H,8-9H2,1-4H3. The number of rotatable bonds is 2. The molecule has 2 rings (SSSR count). The third-order valence-electron chi connectivity index (χ3n) is 4.03. The first-order valence-electron chi connectivity index (χ1n) is 6.22. The molecule has 16 heavy (non-hydrogen) atoms. The maximum absolute atomic E-state index is 10.6. The molecule has 0 aliphatic heterocycles. The molecule has 0 unspecified atom stereocenters. The van der Waals surface area contributed by atoms with Crippen LogP contribution in [0, 0.1) is 25.7 Å². The molecule has 1 aliphatic rings. The average Bonchev–Trinajstić information content (AvgIpc) is 2.12. The first-order valence-corrected chi connectivity index (χ1v) is 6.22. The van der Waals surface area contributed by atoms with Crippen LogP contribution >= 0.6 is 0 Å². The molecule has 88 valence electrons. The molecule has 0 bridgehead atoms. The predicted octanol–water partition coefficient (Wildman–Crippen LogP) is 3.56. The van der Waals surface area contributed by atoms with Crippen LogP contribution in [0.3, 0.4) is 0 Å². The Hall–Kier alpha value is -0.820. The fraction of sp³-hybridized carbons (Fsp3) is 0.600. The lowest BCUT2D eigenvalue weighted by Crippen LogP contribution is -2.43. The van der Waals surface area contributed by atoms with Crippen molar-refractivity contribution < 1.29 is 5.11 Å². The van der Waals surface area contributed by atoms with Gasteiger partial charge < -0.3 is 5.11 Å². The van der Waals surface area contributed by atoms with E-state index in [1.54, 1.807) is 0 Å². The highest BCUT2D eigenvalue weighted by Gasteiger charge is 2.45. The lowest BCUT2D eigenvalue weighted by Gasteiger charge is -2.46. The van der Waals surface area contributed by atoms with Gasteiger partial charge in [-0.15, -0.1) is 0 Å². The van der Waals surface area contributed by atoms with Crippen molar-refractivity contribution in [1.29, 1.82) is 0 Å². The minimum absolute atomic E-state index is 0.549. The Morgan fingerprint density at radius 2 is 1.88 bits per heavy atom. The zero-order valence-corrected chi connectivity index (χ0v) is 10.7. The Morgan fingerprint density at radius 1 is 1.25 bits per heavy atom. The number of hydrogen-bond donors (Lipinski definition) is 1. The third kappa shape index (κ3) is 1.89. The van der Waals surface area contributed by atoms with Crippen LogP contribution in [0.5, 0.6) is 0 Å². The van der Waals surface area contributed by atoms with Gasteiger partial charge in [0.15, 0.2) is 0 Å². The van der Waals surface area contributed by atoms with Gasteiger partial charge in [-0.3, -0.25) is 0 Å². The molecule has 1 saturated carbocycles. The van der Waals surface area contributed by atoms with Crippen molar-refractivity contribution in [3.05, 3.63) is 34.9 Å². The highest BCUT2D eigenvalue weighted by Crippen LogP contribution is 2.49. The highest BCUT2D eigenvalue weighted by molar-refractivity contribution is 5.36. The first-order chi connectivity index (χ1) is 7.42. The topological polar surface area (TPSA) is 20.2 Å². The molecule has 1 heteroatoms. The molecule has 1 N–H and O–H groups in total. The van der Waals surface area contributed by atoms with E-state index in [1.807, 2.05) is 0 Å². The van der Waals surface area contributed by atoms with Gasteiger partial charge in [0.2, 0.25) is 0 Å². The quantitative estimate of drug-likeness (QED) is 0.804. The SMILES string of the molecule is Cc1ccc(C2(O)CC(C(C)C)C2)c(C)c1. The molecule has 1 aliphatic carbocycles. The van der Waals surface area contributed by atoms with Crippen molar-refractivity contribution in [2.24, 2.45) is 11.8 Å². The molecule has 0 saturated heterocycles. The zero-order chi connectivity index (χ0) is 11.9. The van der Waals surface area contributed by atoms with Crippen LogP contribution in [0.15, 0.2) is 18.2 Å². The van der Waals surface area contributed by atoms with Gasteiger partial charge in [0, 0.05) is 0 Å². The average molecular weight is 218 g/mol. The second-order valence-corrected chi connectivity index (χ2v) is 5.76. The van der Waals surface area contributed by atoms with Gasteiger partial charge in [0.25, 0.3) is 0 Å². The van der Waals surface area contributed by atoms with Crippen molar-refractivity contribution in [3.8, 4) is 0 Å². The van der Waals surface area contributed by atoms with Crippen LogP contribution in [-0.2, 0) is 5.60 Å². The molecule has 0 aromatic heterocycles. The lowest BCUT2D eigenvalue weighted by atomic mass is 9.63. The number of aliphatic hydroxyl groups is 1. The van der Waals surface area contributed by atoms with Gasteiger partial charge >= 0.3 is 0 Å². The summed E-state index contributed by atoms with van der Waals surface area (Å²) < 4.78 is 0. The fourth-order valence-corrected chi connectivity index (χ4v) is 2.83. The summed E-state index contributed by atoms with van der Waals surface area (Å²) in [7, 11) is 0. The third-order valence-corrected chi connectivity index (χ3v) is 4.03. The summed E-state index contributed by atoms with van der Waals surface area (Å²) in [6.45, 7) is 8.68. The van der Waals surface area contributed by atoms with E-state index >= 15 is 0 Å². The van der Waals surface area contributed by atoms with E-state index in [0.717, 1.165) is 18.4 Å². The summed E-state index contributed by atoms with van der Waals surface area (Å²) in [4.78, 5) is 0. The second kappa shape index (κ2) is 3.89. The molecule has 0 spiro atoms. The highest BCUT2D eigenvalue weighted by atomic mass is 16.3. The molecule has 1 nitrogen and oxygen atoms in total. The summed E-state index contributed by atoms with van der Waals surface area (Å²) in [5.74, 6) is 1.37. The van der Waals surface area contributed by atoms with E-state index in [4.69, 9.17) is 0 Å². The first kappa shape index (κ1) is 11.7.